The maximum absolute atomic E-state index is 12.2. The maximum atomic E-state index is 12.2. The number of carbonyl (C=O) groups excluding carboxylic acids is 1. The smallest absolute Gasteiger partial charge is 0.269 e. The number of carbonyl (C=O) groups is 1. The van der Waals surface area contributed by atoms with Crippen LogP contribution >= 0.6 is 0 Å². The molecule has 1 amide bonds. The van der Waals surface area contributed by atoms with Gasteiger partial charge in [-0.25, -0.2) is 0 Å². The lowest BCUT2D eigenvalue weighted by Crippen LogP contribution is -2.28. The molecule has 6 nitrogen and oxygen atoms in total. The number of hydrogen-bond donors (Lipinski definition) is 1. The minimum atomic E-state index is -0.462. The van der Waals surface area contributed by atoms with Crippen LogP contribution in [0.5, 0.6) is 5.75 Å². The van der Waals surface area contributed by atoms with E-state index in [0.29, 0.717) is 0 Å². The molecule has 0 spiro atoms. The molecule has 0 unspecified atom stereocenters. The highest BCUT2D eigenvalue weighted by Gasteiger charge is 2.15. The van der Waals surface area contributed by atoms with Gasteiger partial charge in [0.1, 0.15) is 5.75 Å². The summed E-state index contributed by atoms with van der Waals surface area (Å²) in [5.41, 5.74) is 2.73. The first-order chi connectivity index (χ1) is 11.4. The van der Waals surface area contributed by atoms with Crippen LogP contribution in [0.4, 0.5) is 5.69 Å². The number of rotatable bonds is 6. The SMILES string of the molecule is COc1ccc(C)cc1[C@@H](C)NC(=O)Cc1ccc([N+](=O)[O-])cc1. The molecule has 0 bridgehead atoms. The zero-order valence-corrected chi connectivity index (χ0v) is 13.9. The lowest BCUT2D eigenvalue weighted by Gasteiger charge is -2.18. The van der Waals surface area contributed by atoms with E-state index in [1.165, 1.54) is 12.1 Å². The largest absolute Gasteiger partial charge is 0.496 e. The molecule has 6 heteroatoms. The monoisotopic (exact) mass is 328 g/mol. The average molecular weight is 328 g/mol. The highest BCUT2D eigenvalue weighted by molar-refractivity contribution is 5.79. The summed E-state index contributed by atoms with van der Waals surface area (Å²) in [6.07, 6.45) is 0.163. The topological polar surface area (TPSA) is 81.5 Å². The Bertz CT molecular complexity index is 741. The van der Waals surface area contributed by atoms with Gasteiger partial charge in [-0.1, -0.05) is 29.8 Å². The van der Waals surface area contributed by atoms with Gasteiger partial charge in [0, 0.05) is 17.7 Å². The molecule has 0 fully saturated rings. The molecule has 0 aliphatic heterocycles. The molecule has 2 aromatic rings. The van der Waals surface area contributed by atoms with Gasteiger partial charge in [-0.2, -0.15) is 0 Å². The first-order valence-electron chi connectivity index (χ1n) is 7.58. The molecular formula is C18H20N2O4. The van der Waals surface area contributed by atoms with Gasteiger partial charge in [-0.15, -0.1) is 0 Å². The Morgan fingerprint density at radius 1 is 1.25 bits per heavy atom. The normalized spacial score (nSPS) is 11.6. The second-order valence-electron chi connectivity index (χ2n) is 5.63. The number of benzene rings is 2. The number of nitro benzene ring substituents is 1. The Hall–Kier alpha value is -2.89. The number of nitrogens with one attached hydrogen (secondary N) is 1. The zero-order valence-electron chi connectivity index (χ0n) is 13.9. The Balaban J connectivity index is 2.04. The standard InChI is InChI=1S/C18H20N2O4/c1-12-4-9-17(24-3)16(10-12)13(2)19-18(21)11-14-5-7-15(8-6-14)20(22)23/h4-10,13H,11H2,1-3H3,(H,19,21)/t13-/m1/s1. The lowest BCUT2D eigenvalue weighted by molar-refractivity contribution is -0.384. The van der Waals surface area contributed by atoms with E-state index in [-0.39, 0.29) is 24.1 Å². The van der Waals surface area contributed by atoms with E-state index < -0.39 is 4.92 Å². The fourth-order valence-electron chi connectivity index (χ4n) is 2.48. The number of ether oxygens (including phenoxy) is 1. The molecule has 2 rings (SSSR count). The van der Waals surface area contributed by atoms with E-state index in [4.69, 9.17) is 4.74 Å². The molecule has 2 aromatic carbocycles. The molecule has 0 aromatic heterocycles. The number of nitrogens with zero attached hydrogens (tertiary/aromatic N) is 1. The van der Waals surface area contributed by atoms with Gasteiger partial charge in [0.2, 0.25) is 5.91 Å². The Labute approximate surface area is 140 Å². The van der Waals surface area contributed by atoms with E-state index in [1.807, 2.05) is 32.0 Å². The Kier molecular flexibility index (Phi) is 5.52. The van der Waals surface area contributed by atoms with Crippen LogP contribution in [-0.2, 0) is 11.2 Å². The fourth-order valence-corrected chi connectivity index (χ4v) is 2.48. The molecule has 24 heavy (non-hydrogen) atoms. The number of non-ortho nitro benzene ring substituents is 1. The zero-order chi connectivity index (χ0) is 17.7. The molecular weight excluding hydrogens is 308 g/mol. The van der Waals surface area contributed by atoms with Crippen molar-refractivity contribution in [2.24, 2.45) is 0 Å². The Morgan fingerprint density at radius 2 is 1.92 bits per heavy atom. The summed E-state index contributed by atoms with van der Waals surface area (Å²) in [6, 6.07) is 11.6. The van der Waals surface area contributed by atoms with Crippen molar-refractivity contribution in [1.29, 1.82) is 0 Å². The van der Waals surface area contributed by atoms with Crippen molar-refractivity contribution in [1.82, 2.24) is 5.32 Å². The fraction of sp³-hybridized carbons (Fsp3) is 0.278. The number of aryl methyl sites for hydroxylation is 1. The molecule has 0 saturated carbocycles. The van der Waals surface area contributed by atoms with E-state index in [1.54, 1.807) is 19.2 Å². The molecule has 0 heterocycles. The van der Waals surface area contributed by atoms with E-state index in [9.17, 15) is 14.9 Å². The summed E-state index contributed by atoms with van der Waals surface area (Å²) in [7, 11) is 1.60. The summed E-state index contributed by atoms with van der Waals surface area (Å²) in [5, 5.41) is 13.6. The van der Waals surface area contributed by atoms with Crippen LogP contribution in [0.15, 0.2) is 42.5 Å². The molecule has 126 valence electrons. The minimum absolute atomic E-state index is 0.0111. The molecule has 0 aliphatic rings. The highest BCUT2D eigenvalue weighted by Crippen LogP contribution is 2.26. The summed E-state index contributed by atoms with van der Waals surface area (Å²) >= 11 is 0. The van der Waals surface area contributed by atoms with Crippen molar-refractivity contribution in [2.75, 3.05) is 7.11 Å². The van der Waals surface area contributed by atoms with Crippen LogP contribution in [0, 0.1) is 17.0 Å². The van der Waals surface area contributed by atoms with Crippen molar-refractivity contribution in [3.63, 3.8) is 0 Å². The van der Waals surface area contributed by atoms with E-state index in [2.05, 4.69) is 5.32 Å². The molecule has 0 radical (unpaired) electrons. The number of amides is 1. The van der Waals surface area contributed by atoms with Crippen LogP contribution in [0.1, 0.15) is 29.7 Å². The predicted octanol–water partition coefficient (Wildman–Crippen LogP) is 3.33. The third kappa shape index (κ3) is 4.32. The average Bonchev–Trinajstić information content (AvgIpc) is 2.55. The summed E-state index contributed by atoms with van der Waals surface area (Å²) in [4.78, 5) is 22.4. The number of hydrogen-bond acceptors (Lipinski definition) is 4. The minimum Gasteiger partial charge on any atom is -0.496 e. The van der Waals surface area contributed by atoms with Crippen LogP contribution in [0.3, 0.4) is 0 Å². The van der Waals surface area contributed by atoms with E-state index >= 15 is 0 Å². The highest BCUT2D eigenvalue weighted by atomic mass is 16.6. The van der Waals surface area contributed by atoms with Crippen molar-refractivity contribution in [3.05, 3.63) is 69.3 Å². The summed E-state index contributed by atoms with van der Waals surface area (Å²) in [6.45, 7) is 3.87. The number of methoxy groups -OCH3 is 1. The molecule has 0 saturated heterocycles. The van der Waals surface area contributed by atoms with Crippen LogP contribution < -0.4 is 10.1 Å². The first kappa shape index (κ1) is 17.5. The predicted molar refractivity (Wildman–Crippen MR) is 91.1 cm³/mol. The van der Waals surface area contributed by atoms with Gasteiger partial charge in [0.05, 0.1) is 24.5 Å². The van der Waals surface area contributed by atoms with Gasteiger partial charge < -0.3 is 10.1 Å². The Morgan fingerprint density at radius 3 is 2.50 bits per heavy atom. The summed E-state index contributed by atoms with van der Waals surface area (Å²) in [5.74, 6) is 0.573. The van der Waals surface area contributed by atoms with Gasteiger partial charge in [-0.05, 0) is 25.5 Å². The second kappa shape index (κ2) is 7.59. The quantitative estimate of drug-likeness (QED) is 0.651. The van der Waals surface area contributed by atoms with Crippen LogP contribution in [0.2, 0.25) is 0 Å². The third-order valence-electron chi connectivity index (χ3n) is 3.74. The van der Waals surface area contributed by atoms with Gasteiger partial charge in [-0.3, -0.25) is 14.9 Å². The molecule has 0 aliphatic carbocycles. The third-order valence-corrected chi connectivity index (χ3v) is 3.74. The second-order valence-corrected chi connectivity index (χ2v) is 5.63. The summed E-state index contributed by atoms with van der Waals surface area (Å²) < 4.78 is 5.34. The van der Waals surface area contributed by atoms with Gasteiger partial charge in [0.15, 0.2) is 0 Å². The lowest BCUT2D eigenvalue weighted by atomic mass is 10.0. The van der Waals surface area contributed by atoms with Crippen molar-refractivity contribution < 1.29 is 14.5 Å². The van der Waals surface area contributed by atoms with Crippen LogP contribution in [-0.4, -0.2) is 17.9 Å². The number of nitro groups is 1. The maximum Gasteiger partial charge on any atom is 0.269 e. The van der Waals surface area contributed by atoms with Crippen molar-refractivity contribution in [2.45, 2.75) is 26.3 Å². The molecule has 1 atom stereocenters. The van der Waals surface area contributed by atoms with Gasteiger partial charge in [0.25, 0.3) is 5.69 Å². The first-order valence-corrected chi connectivity index (χ1v) is 7.58. The molecule has 1 N–H and O–H groups in total. The van der Waals surface area contributed by atoms with Crippen molar-refractivity contribution >= 4 is 11.6 Å². The van der Waals surface area contributed by atoms with Crippen LogP contribution in [0.25, 0.3) is 0 Å². The van der Waals surface area contributed by atoms with Crippen molar-refractivity contribution in [3.8, 4) is 5.75 Å². The van der Waals surface area contributed by atoms with E-state index in [0.717, 1.165) is 22.4 Å². The van der Waals surface area contributed by atoms with Gasteiger partial charge >= 0.3 is 0 Å².